The second-order valence-corrected chi connectivity index (χ2v) is 7.04. The molecule has 2 aliphatic carbocycles. The highest BCUT2D eigenvalue weighted by molar-refractivity contribution is 4.91. The summed E-state index contributed by atoms with van der Waals surface area (Å²) in [4.78, 5) is 0. The summed E-state index contributed by atoms with van der Waals surface area (Å²) in [5, 5.41) is 3.65. The van der Waals surface area contributed by atoms with Crippen molar-refractivity contribution in [2.24, 2.45) is 11.3 Å². The Hall–Kier alpha value is -0.250. The van der Waals surface area contributed by atoms with Crippen molar-refractivity contribution >= 4 is 0 Å². The van der Waals surface area contributed by atoms with Crippen LogP contribution in [0.3, 0.4) is 0 Å². The summed E-state index contributed by atoms with van der Waals surface area (Å²) in [6.07, 6.45) is 2.89. The number of rotatable bonds is 2. The fourth-order valence-electron chi connectivity index (χ4n) is 3.67. The first-order chi connectivity index (χ1) is 8.79. The summed E-state index contributed by atoms with van der Waals surface area (Å²) in [6.45, 7) is 4.57. The maximum atomic E-state index is 12.6. The normalized spacial score (nSPS) is 36.2. The SMILES string of the molecule is CC1(C)CCCCC1NC1CCC(C(F)(F)F)CC1. The molecule has 112 valence electrons. The minimum atomic E-state index is -3.99. The van der Waals surface area contributed by atoms with Gasteiger partial charge in [0.05, 0.1) is 5.92 Å². The summed E-state index contributed by atoms with van der Waals surface area (Å²) < 4.78 is 37.9. The van der Waals surface area contributed by atoms with Crippen molar-refractivity contribution < 1.29 is 13.2 Å². The van der Waals surface area contributed by atoms with Gasteiger partial charge in [-0.2, -0.15) is 13.2 Å². The average molecular weight is 277 g/mol. The van der Waals surface area contributed by atoms with E-state index in [1.54, 1.807) is 0 Å². The van der Waals surface area contributed by atoms with E-state index in [1.807, 2.05) is 0 Å². The first-order valence-electron chi connectivity index (χ1n) is 7.62. The van der Waals surface area contributed by atoms with Gasteiger partial charge in [-0.1, -0.05) is 26.7 Å². The van der Waals surface area contributed by atoms with Gasteiger partial charge in [0.2, 0.25) is 0 Å². The van der Waals surface area contributed by atoms with E-state index in [-0.39, 0.29) is 0 Å². The molecule has 0 bridgehead atoms. The first kappa shape index (κ1) is 15.1. The topological polar surface area (TPSA) is 12.0 Å². The fourth-order valence-corrected chi connectivity index (χ4v) is 3.67. The number of alkyl halides is 3. The molecule has 2 saturated carbocycles. The molecule has 1 nitrogen and oxygen atoms in total. The van der Waals surface area contributed by atoms with E-state index in [2.05, 4.69) is 19.2 Å². The minimum absolute atomic E-state index is 0.291. The van der Waals surface area contributed by atoms with Gasteiger partial charge in [0, 0.05) is 12.1 Å². The smallest absolute Gasteiger partial charge is 0.311 e. The maximum absolute atomic E-state index is 12.6. The maximum Gasteiger partial charge on any atom is 0.391 e. The largest absolute Gasteiger partial charge is 0.391 e. The molecule has 0 aromatic rings. The molecule has 1 N–H and O–H groups in total. The lowest BCUT2D eigenvalue weighted by molar-refractivity contribution is -0.183. The van der Waals surface area contributed by atoms with Gasteiger partial charge in [-0.15, -0.1) is 0 Å². The summed E-state index contributed by atoms with van der Waals surface area (Å²) in [6, 6.07) is 0.773. The molecular formula is C15H26F3N. The minimum Gasteiger partial charge on any atom is -0.311 e. The van der Waals surface area contributed by atoms with E-state index in [1.165, 1.54) is 25.7 Å². The van der Waals surface area contributed by atoms with Crippen LogP contribution in [-0.2, 0) is 0 Å². The molecule has 0 aliphatic heterocycles. The third-order valence-electron chi connectivity index (χ3n) is 5.13. The Balaban J connectivity index is 1.82. The molecule has 0 heterocycles. The van der Waals surface area contributed by atoms with Gasteiger partial charge < -0.3 is 5.32 Å². The molecule has 0 aromatic carbocycles. The third-order valence-corrected chi connectivity index (χ3v) is 5.13. The van der Waals surface area contributed by atoms with Crippen LogP contribution in [0, 0.1) is 11.3 Å². The Kier molecular flexibility index (Phi) is 4.49. The van der Waals surface area contributed by atoms with Crippen molar-refractivity contribution in [2.45, 2.75) is 83.5 Å². The highest BCUT2D eigenvalue weighted by Crippen LogP contribution is 2.39. The Bertz CT molecular complexity index is 290. The average Bonchev–Trinajstić information content (AvgIpc) is 2.31. The molecule has 0 amide bonds. The Morgan fingerprint density at radius 2 is 1.58 bits per heavy atom. The van der Waals surface area contributed by atoms with Crippen LogP contribution >= 0.6 is 0 Å². The quantitative estimate of drug-likeness (QED) is 0.773. The van der Waals surface area contributed by atoms with Gasteiger partial charge in [0.15, 0.2) is 0 Å². The van der Waals surface area contributed by atoms with Gasteiger partial charge in [0.1, 0.15) is 0 Å². The molecule has 1 atom stereocenters. The van der Waals surface area contributed by atoms with Gasteiger partial charge in [0.25, 0.3) is 0 Å². The number of hydrogen-bond donors (Lipinski definition) is 1. The molecule has 0 saturated heterocycles. The molecule has 2 rings (SSSR count). The van der Waals surface area contributed by atoms with Gasteiger partial charge in [-0.05, 0) is 43.9 Å². The number of halogens is 3. The summed E-state index contributed by atoms with van der Waals surface area (Å²) >= 11 is 0. The zero-order chi connectivity index (χ0) is 14.1. The summed E-state index contributed by atoms with van der Waals surface area (Å²) in [7, 11) is 0. The van der Waals surface area contributed by atoms with Crippen LogP contribution in [0.15, 0.2) is 0 Å². The van der Waals surface area contributed by atoms with Gasteiger partial charge >= 0.3 is 6.18 Å². The second-order valence-electron chi connectivity index (χ2n) is 7.04. The van der Waals surface area contributed by atoms with Crippen molar-refractivity contribution in [3.8, 4) is 0 Å². The predicted octanol–water partition coefficient (Wildman–Crippen LogP) is 4.67. The molecule has 1 unspecified atom stereocenters. The summed E-state index contributed by atoms with van der Waals surface area (Å²) in [5.74, 6) is -1.06. The third kappa shape index (κ3) is 3.87. The lowest BCUT2D eigenvalue weighted by Gasteiger charge is -2.42. The monoisotopic (exact) mass is 277 g/mol. The fraction of sp³-hybridized carbons (Fsp3) is 1.00. The van der Waals surface area contributed by atoms with E-state index in [4.69, 9.17) is 0 Å². The van der Waals surface area contributed by atoms with Crippen molar-refractivity contribution in [1.29, 1.82) is 0 Å². The zero-order valence-electron chi connectivity index (χ0n) is 12.0. The zero-order valence-corrected chi connectivity index (χ0v) is 12.0. The van der Waals surface area contributed by atoms with E-state index in [0.29, 0.717) is 43.2 Å². The van der Waals surface area contributed by atoms with Crippen molar-refractivity contribution in [3.05, 3.63) is 0 Å². The van der Waals surface area contributed by atoms with E-state index < -0.39 is 12.1 Å². The lowest BCUT2D eigenvalue weighted by atomic mass is 9.72. The molecule has 4 heteroatoms. The molecule has 19 heavy (non-hydrogen) atoms. The Morgan fingerprint density at radius 1 is 0.947 bits per heavy atom. The van der Waals surface area contributed by atoms with Crippen LogP contribution in [0.1, 0.15) is 65.2 Å². The van der Waals surface area contributed by atoms with Crippen LogP contribution in [0.4, 0.5) is 13.2 Å². The van der Waals surface area contributed by atoms with E-state index >= 15 is 0 Å². The van der Waals surface area contributed by atoms with Crippen LogP contribution in [0.5, 0.6) is 0 Å². The van der Waals surface area contributed by atoms with Crippen LogP contribution in [0.25, 0.3) is 0 Å². The highest BCUT2D eigenvalue weighted by atomic mass is 19.4. The van der Waals surface area contributed by atoms with Crippen molar-refractivity contribution in [3.63, 3.8) is 0 Å². The Morgan fingerprint density at radius 3 is 2.11 bits per heavy atom. The van der Waals surface area contributed by atoms with Crippen LogP contribution in [-0.4, -0.2) is 18.3 Å². The molecule has 2 fully saturated rings. The number of nitrogens with one attached hydrogen (secondary N) is 1. The molecule has 0 spiro atoms. The lowest BCUT2D eigenvalue weighted by Crippen LogP contribution is -2.50. The van der Waals surface area contributed by atoms with Gasteiger partial charge in [-0.3, -0.25) is 0 Å². The van der Waals surface area contributed by atoms with Crippen LogP contribution in [0.2, 0.25) is 0 Å². The van der Waals surface area contributed by atoms with Crippen molar-refractivity contribution in [1.82, 2.24) is 5.32 Å². The molecule has 0 aromatic heterocycles. The van der Waals surface area contributed by atoms with E-state index in [9.17, 15) is 13.2 Å². The predicted molar refractivity (Wildman–Crippen MR) is 71.0 cm³/mol. The first-order valence-corrected chi connectivity index (χ1v) is 7.62. The molecule has 2 aliphatic rings. The Labute approximate surface area is 114 Å². The highest BCUT2D eigenvalue weighted by Gasteiger charge is 2.42. The molecular weight excluding hydrogens is 251 g/mol. The summed E-state index contributed by atoms with van der Waals surface area (Å²) in [5.41, 5.74) is 0.291. The second kappa shape index (κ2) is 5.63. The van der Waals surface area contributed by atoms with Crippen LogP contribution < -0.4 is 5.32 Å². The van der Waals surface area contributed by atoms with Crippen molar-refractivity contribution in [2.75, 3.05) is 0 Å². The van der Waals surface area contributed by atoms with Gasteiger partial charge in [-0.25, -0.2) is 0 Å². The number of hydrogen-bond acceptors (Lipinski definition) is 1. The standard InChI is InChI=1S/C15H26F3N/c1-14(2)10-4-3-5-13(14)19-12-8-6-11(7-9-12)15(16,17)18/h11-13,19H,3-10H2,1-2H3. The van der Waals surface area contributed by atoms with E-state index in [0.717, 1.165) is 0 Å². The molecule has 0 radical (unpaired) electrons.